The van der Waals surface area contributed by atoms with Crippen molar-refractivity contribution in [1.29, 1.82) is 0 Å². The molecule has 148 valence electrons. The highest BCUT2D eigenvalue weighted by atomic mass is 127. The molecule has 2 N–H and O–H groups in total. The van der Waals surface area contributed by atoms with Crippen molar-refractivity contribution < 1.29 is 0 Å². The molecule has 2 rings (SSSR count). The van der Waals surface area contributed by atoms with Crippen LogP contribution in [0.15, 0.2) is 4.99 Å². The Morgan fingerprint density at radius 1 is 1.12 bits per heavy atom. The summed E-state index contributed by atoms with van der Waals surface area (Å²) < 4.78 is 0. The number of piperidine rings is 1. The Morgan fingerprint density at radius 3 is 2.32 bits per heavy atom. The van der Waals surface area contributed by atoms with Crippen LogP contribution >= 0.6 is 24.0 Å². The molecule has 0 aromatic heterocycles. The summed E-state index contributed by atoms with van der Waals surface area (Å²) in [5, 5.41) is 7.15. The summed E-state index contributed by atoms with van der Waals surface area (Å²) in [4.78, 5) is 12.0. The summed E-state index contributed by atoms with van der Waals surface area (Å²) in [7, 11) is 4.08. The van der Waals surface area contributed by atoms with Gasteiger partial charge in [0.2, 0.25) is 0 Å². The Bertz CT molecular complexity index is 376. The van der Waals surface area contributed by atoms with Gasteiger partial charge < -0.3 is 20.4 Å². The van der Waals surface area contributed by atoms with E-state index in [1.54, 1.807) is 0 Å². The Labute approximate surface area is 171 Å². The van der Waals surface area contributed by atoms with Crippen molar-refractivity contribution in [3.63, 3.8) is 0 Å². The summed E-state index contributed by atoms with van der Waals surface area (Å²) in [5.74, 6) is 0.963. The van der Waals surface area contributed by atoms with Gasteiger partial charge >= 0.3 is 0 Å². The number of nitrogens with zero attached hydrogens (tertiary/aromatic N) is 4. The fourth-order valence-corrected chi connectivity index (χ4v) is 3.64. The number of piperazine rings is 1. The van der Waals surface area contributed by atoms with Crippen molar-refractivity contribution in [2.75, 3.05) is 66.5 Å². The van der Waals surface area contributed by atoms with E-state index in [9.17, 15) is 0 Å². The second-order valence-electron chi connectivity index (χ2n) is 7.40. The molecule has 2 saturated heterocycles. The molecule has 2 aliphatic rings. The molecular formula is C18H39IN6. The lowest BCUT2D eigenvalue weighted by atomic mass is 10.1. The average Bonchev–Trinajstić information content (AvgIpc) is 2.60. The minimum absolute atomic E-state index is 0. The molecule has 1 atom stereocenters. The van der Waals surface area contributed by atoms with E-state index >= 15 is 0 Å². The Kier molecular flexibility index (Phi) is 11.3. The van der Waals surface area contributed by atoms with Crippen LogP contribution in [0.3, 0.4) is 0 Å². The summed E-state index contributed by atoms with van der Waals surface area (Å²) in [5.41, 5.74) is 0. The SMILES string of the molecule is CCCN1CCC(NC(=NC)NCC(C)N2CCN(C)CC2)CC1.I. The van der Waals surface area contributed by atoms with Crippen LogP contribution in [0.1, 0.15) is 33.1 Å². The number of likely N-dealkylation sites (tertiary alicyclic amines) is 1. The maximum absolute atomic E-state index is 4.42. The first kappa shape index (κ1) is 22.9. The van der Waals surface area contributed by atoms with E-state index in [1.165, 1.54) is 65.1 Å². The van der Waals surface area contributed by atoms with E-state index in [0.29, 0.717) is 12.1 Å². The first-order chi connectivity index (χ1) is 11.6. The molecule has 0 aliphatic carbocycles. The van der Waals surface area contributed by atoms with Crippen LogP contribution in [0.5, 0.6) is 0 Å². The summed E-state index contributed by atoms with van der Waals surface area (Å²) in [6, 6.07) is 1.10. The normalized spacial score (nSPS) is 23.1. The first-order valence-electron chi connectivity index (χ1n) is 9.74. The molecule has 0 saturated carbocycles. The van der Waals surface area contributed by atoms with Gasteiger partial charge in [-0.2, -0.15) is 0 Å². The van der Waals surface area contributed by atoms with Crippen LogP contribution in [0.25, 0.3) is 0 Å². The van der Waals surface area contributed by atoms with Gasteiger partial charge in [0.15, 0.2) is 5.96 Å². The number of rotatable bonds is 6. The summed E-state index contributed by atoms with van der Waals surface area (Å²) in [6.45, 7) is 13.9. The van der Waals surface area contributed by atoms with Gasteiger partial charge in [-0.15, -0.1) is 24.0 Å². The molecule has 25 heavy (non-hydrogen) atoms. The number of nitrogens with one attached hydrogen (secondary N) is 2. The second-order valence-corrected chi connectivity index (χ2v) is 7.40. The third kappa shape index (κ3) is 7.97. The lowest BCUT2D eigenvalue weighted by Crippen LogP contribution is -2.54. The van der Waals surface area contributed by atoms with E-state index in [0.717, 1.165) is 12.5 Å². The molecule has 0 aromatic carbocycles. The van der Waals surface area contributed by atoms with Crippen LogP contribution in [0, 0.1) is 0 Å². The van der Waals surface area contributed by atoms with Gasteiger partial charge in [0.25, 0.3) is 0 Å². The molecule has 2 fully saturated rings. The van der Waals surface area contributed by atoms with Gasteiger partial charge in [0.05, 0.1) is 0 Å². The Balaban J connectivity index is 0.00000312. The van der Waals surface area contributed by atoms with Crippen molar-refractivity contribution in [2.45, 2.75) is 45.2 Å². The van der Waals surface area contributed by atoms with Crippen molar-refractivity contribution in [3.05, 3.63) is 0 Å². The molecule has 6 nitrogen and oxygen atoms in total. The maximum Gasteiger partial charge on any atom is 0.191 e. The minimum Gasteiger partial charge on any atom is -0.355 e. The average molecular weight is 466 g/mol. The van der Waals surface area contributed by atoms with Gasteiger partial charge in [-0.25, -0.2) is 0 Å². The summed E-state index contributed by atoms with van der Waals surface area (Å²) in [6.07, 6.45) is 3.69. The third-order valence-corrected chi connectivity index (χ3v) is 5.42. The molecule has 2 heterocycles. The molecule has 2 aliphatic heterocycles. The zero-order chi connectivity index (χ0) is 17.4. The molecule has 0 aromatic rings. The highest BCUT2D eigenvalue weighted by Crippen LogP contribution is 2.10. The quantitative estimate of drug-likeness (QED) is 0.351. The lowest BCUT2D eigenvalue weighted by molar-refractivity contribution is 0.120. The van der Waals surface area contributed by atoms with E-state index in [-0.39, 0.29) is 24.0 Å². The van der Waals surface area contributed by atoms with E-state index < -0.39 is 0 Å². The number of hydrogen-bond acceptors (Lipinski definition) is 4. The Hall–Kier alpha value is -0.120. The van der Waals surface area contributed by atoms with Crippen molar-refractivity contribution in [1.82, 2.24) is 25.3 Å². The third-order valence-electron chi connectivity index (χ3n) is 5.42. The van der Waals surface area contributed by atoms with E-state index in [4.69, 9.17) is 0 Å². The zero-order valence-electron chi connectivity index (χ0n) is 16.6. The van der Waals surface area contributed by atoms with Crippen LogP contribution in [0.4, 0.5) is 0 Å². The number of halogens is 1. The predicted octanol–water partition coefficient (Wildman–Crippen LogP) is 1.28. The molecule has 0 bridgehead atoms. The molecule has 0 spiro atoms. The van der Waals surface area contributed by atoms with Crippen LogP contribution in [-0.2, 0) is 0 Å². The topological polar surface area (TPSA) is 46.1 Å². The monoisotopic (exact) mass is 466 g/mol. The highest BCUT2D eigenvalue weighted by molar-refractivity contribution is 14.0. The van der Waals surface area contributed by atoms with Crippen molar-refractivity contribution in [2.24, 2.45) is 4.99 Å². The number of likely N-dealkylation sites (N-methyl/N-ethyl adjacent to an activating group) is 1. The number of hydrogen-bond donors (Lipinski definition) is 2. The van der Waals surface area contributed by atoms with Gasteiger partial charge in [-0.3, -0.25) is 9.89 Å². The van der Waals surface area contributed by atoms with Crippen molar-refractivity contribution in [3.8, 4) is 0 Å². The molecule has 7 heteroatoms. The van der Waals surface area contributed by atoms with Crippen molar-refractivity contribution >= 4 is 29.9 Å². The summed E-state index contributed by atoms with van der Waals surface area (Å²) >= 11 is 0. The van der Waals surface area contributed by atoms with Gasteiger partial charge in [0.1, 0.15) is 0 Å². The number of guanidine groups is 1. The highest BCUT2D eigenvalue weighted by Gasteiger charge is 2.21. The number of aliphatic imine (C=N–C) groups is 1. The van der Waals surface area contributed by atoms with E-state index in [1.807, 2.05) is 7.05 Å². The van der Waals surface area contributed by atoms with Crippen LogP contribution in [-0.4, -0.2) is 99.2 Å². The molecule has 0 radical (unpaired) electrons. The standard InChI is InChI=1S/C18H38N6.HI/c1-5-8-23-9-6-17(7-10-23)21-18(19-3)20-15-16(2)24-13-11-22(4)12-14-24;/h16-17H,5-15H2,1-4H3,(H2,19,20,21);1H. The molecule has 0 amide bonds. The van der Waals surface area contributed by atoms with Crippen LogP contribution < -0.4 is 10.6 Å². The second kappa shape index (κ2) is 12.3. The zero-order valence-corrected chi connectivity index (χ0v) is 19.0. The minimum atomic E-state index is 0. The lowest BCUT2D eigenvalue weighted by Gasteiger charge is -2.37. The first-order valence-corrected chi connectivity index (χ1v) is 9.74. The molecular weight excluding hydrogens is 427 g/mol. The predicted molar refractivity (Wildman–Crippen MR) is 118 cm³/mol. The van der Waals surface area contributed by atoms with Gasteiger partial charge in [-0.1, -0.05) is 6.92 Å². The maximum atomic E-state index is 4.42. The van der Waals surface area contributed by atoms with Gasteiger partial charge in [-0.05, 0) is 39.8 Å². The fraction of sp³-hybridized carbons (Fsp3) is 0.944. The Morgan fingerprint density at radius 2 is 1.76 bits per heavy atom. The van der Waals surface area contributed by atoms with Gasteiger partial charge in [0, 0.05) is 64.9 Å². The largest absolute Gasteiger partial charge is 0.355 e. The van der Waals surface area contributed by atoms with E-state index in [2.05, 4.69) is 51.2 Å². The molecule has 1 unspecified atom stereocenters. The smallest absolute Gasteiger partial charge is 0.191 e. The fourth-order valence-electron chi connectivity index (χ4n) is 3.64. The van der Waals surface area contributed by atoms with Crippen LogP contribution in [0.2, 0.25) is 0 Å².